The highest BCUT2D eigenvalue weighted by Crippen LogP contribution is 2.22. The second kappa shape index (κ2) is 7.58. The Morgan fingerprint density at radius 3 is 2.67 bits per heavy atom. The molecule has 0 amide bonds. The van der Waals surface area contributed by atoms with E-state index in [-0.39, 0.29) is 6.10 Å². The van der Waals surface area contributed by atoms with E-state index in [1.165, 1.54) is 0 Å². The predicted molar refractivity (Wildman–Crippen MR) is 87.1 cm³/mol. The number of ether oxygens (including phenoxy) is 2. The summed E-state index contributed by atoms with van der Waals surface area (Å²) in [5.74, 6) is 1.80. The zero-order chi connectivity index (χ0) is 15.1. The molecule has 3 heteroatoms. The molecular weight excluding hydrogens is 262 g/mol. The second-order valence-corrected chi connectivity index (χ2v) is 5.03. The van der Waals surface area contributed by atoms with E-state index in [1.807, 2.05) is 42.5 Å². The van der Waals surface area contributed by atoms with Crippen LogP contribution < -0.4 is 14.8 Å². The molecule has 0 spiro atoms. The largest absolute Gasteiger partial charge is 0.496 e. The fourth-order valence-corrected chi connectivity index (χ4v) is 2.04. The third-order valence-electron chi connectivity index (χ3n) is 3.42. The first kappa shape index (κ1) is 15.2. The Labute approximate surface area is 126 Å². The van der Waals surface area contributed by atoms with Gasteiger partial charge < -0.3 is 14.8 Å². The number of hydrogen-bond acceptors (Lipinski definition) is 3. The van der Waals surface area contributed by atoms with Crippen molar-refractivity contribution in [3.8, 4) is 11.5 Å². The number of hydrogen-bond donors (Lipinski definition) is 1. The Morgan fingerprint density at radius 1 is 1.10 bits per heavy atom. The van der Waals surface area contributed by atoms with Gasteiger partial charge in [0.05, 0.1) is 13.2 Å². The van der Waals surface area contributed by atoms with E-state index in [0.717, 1.165) is 35.7 Å². The van der Waals surface area contributed by atoms with Gasteiger partial charge in [-0.1, -0.05) is 31.2 Å². The van der Waals surface area contributed by atoms with Crippen LogP contribution in [0.5, 0.6) is 11.5 Å². The van der Waals surface area contributed by atoms with Gasteiger partial charge in [-0.25, -0.2) is 0 Å². The molecule has 0 aromatic heterocycles. The quantitative estimate of drug-likeness (QED) is 0.813. The van der Waals surface area contributed by atoms with Crippen LogP contribution in [-0.4, -0.2) is 13.2 Å². The lowest BCUT2D eigenvalue weighted by molar-refractivity contribution is 0.217. The minimum atomic E-state index is 0.231. The van der Waals surface area contributed by atoms with Crippen molar-refractivity contribution in [3.63, 3.8) is 0 Å². The number of benzene rings is 2. The molecule has 3 nitrogen and oxygen atoms in total. The smallest absolute Gasteiger partial charge is 0.123 e. The van der Waals surface area contributed by atoms with Crippen LogP contribution in [0.25, 0.3) is 0 Å². The third kappa shape index (κ3) is 4.42. The van der Waals surface area contributed by atoms with Gasteiger partial charge in [0.15, 0.2) is 0 Å². The normalized spacial score (nSPS) is 11.8. The summed E-state index contributed by atoms with van der Waals surface area (Å²) < 4.78 is 11.2. The van der Waals surface area contributed by atoms with E-state index >= 15 is 0 Å². The summed E-state index contributed by atoms with van der Waals surface area (Å²) in [4.78, 5) is 0. The van der Waals surface area contributed by atoms with Crippen LogP contribution in [0.15, 0.2) is 48.5 Å². The number of rotatable bonds is 7. The Balaban J connectivity index is 2.01. The Hall–Kier alpha value is -2.16. The number of methoxy groups -OCH3 is 1. The van der Waals surface area contributed by atoms with Crippen molar-refractivity contribution in [2.75, 3.05) is 12.4 Å². The van der Waals surface area contributed by atoms with Crippen LogP contribution in [0.4, 0.5) is 5.69 Å². The molecule has 1 atom stereocenters. The highest BCUT2D eigenvalue weighted by Gasteiger charge is 2.04. The fourth-order valence-electron chi connectivity index (χ4n) is 2.04. The molecule has 0 saturated carbocycles. The van der Waals surface area contributed by atoms with E-state index in [0.29, 0.717) is 0 Å². The van der Waals surface area contributed by atoms with Crippen molar-refractivity contribution in [2.45, 2.75) is 32.9 Å². The molecule has 0 fully saturated rings. The maximum absolute atomic E-state index is 5.84. The van der Waals surface area contributed by atoms with Crippen molar-refractivity contribution in [2.24, 2.45) is 0 Å². The molecule has 0 heterocycles. The van der Waals surface area contributed by atoms with Gasteiger partial charge in [-0.15, -0.1) is 0 Å². The van der Waals surface area contributed by atoms with Gasteiger partial charge in [0.2, 0.25) is 0 Å². The summed E-state index contributed by atoms with van der Waals surface area (Å²) in [5, 5.41) is 3.41. The topological polar surface area (TPSA) is 30.5 Å². The van der Waals surface area contributed by atoms with Crippen LogP contribution >= 0.6 is 0 Å². The van der Waals surface area contributed by atoms with E-state index in [4.69, 9.17) is 9.47 Å². The number of para-hydroxylation sites is 1. The Kier molecular flexibility index (Phi) is 5.50. The van der Waals surface area contributed by atoms with Gasteiger partial charge in [0.25, 0.3) is 0 Å². The standard InChI is InChI=1S/C18H23NO2/c1-4-14(2)21-17-10-7-9-16(12-17)19-13-15-8-5-6-11-18(15)20-3/h5-12,14,19H,4,13H2,1-3H3. The van der Waals surface area contributed by atoms with Crippen LogP contribution in [-0.2, 0) is 6.54 Å². The third-order valence-corrected chi connectivity index (χ3v) is 3.42. The summed E-state index contributed by atoms with van der Waals surface area (Å²) in [6.07, 6.45) is 1.23. The van der Waals surface area contributed by atoms with E-state index < -0.39 is 0 Å². The molecule has 112 valence electrons. The molecule has 2 aromatic carbocycles. The Morgan fingerprint density at radius 2 is 1.90 bits per heavy atom. The van der Waals surface area contributed by atoms with Crippen molar-refractivity contribution >= 4 is 5.69 Å². The summed E-state index contributed by atoms with van der Waals surface area (Å²) in [5.41, 5.74) is 2.18. The minimum Gasteiger partial charge on any atom is -0.496 e. The van der Waals surface area contributed by atoms with Crippen molar-refractivity contribution in [1.82, 2.24) is 0 Å². The molecule has 1 N–H and O–H groups in total. The summed E-state index contributed by atoms with van der Waals surface area (Å²) in [6, 6.07) is 16.1. The maximum atomic E-state index is 5.84. The lowest BCUT2D eigenvalue weighted by atomic mass is 10.2. The fraction of sp³-hybridized carbons (Fsp3) is 0.333. The average molecular weight is 285 g/mol. The first-order valence-corrected chi connectivity index (χ1v) is 7.35. The van der Waals surface area contributed by atoms with Crippen LogP contribution in [0.1, 0.15) is 25.8 Å². The molecule has 0 aliphatic heterocycles. The summed E-state index contributed by atoms with van der Waals surface area (Å²) >= 11 is 0. The van der Waals surface area contributed by atoms with Gasteiger partial charge in [-0.3, -0.25) is 0 Å². The summed E-state index contributed by atoms with van der Waals surface area (Å²) in [6.45, 7) is 4.92. The zero-order valence-corrected chi connectivity index (χ0v) is 12.9. The molecule has 21 heavy (non-hydrogen) atoms. The van der Waals surface area contributed by atoms with Gasteiger partial charge in [0.1, 0.15) is 11.5 Å². The molecule has 0 bridgehead atoms. The molecule has 2 rings (SSSR count). The van der Waals surface area contributed by atoms with Crippen molar-refractivity contribution < 1.29 is 9.47 Å². The second-order valence-electron chi connectivity index (χ2n) is 5.03. The van der Waals surface area contributed by atoms with Crippen molar-refractivity contribution in [1.29, 1.82) is 0 Å². The van der Waals surface area contributed by atoms with E-state index in [1.54, 1.807) is 7.11 Å². The van der Waals surface area contributed by atoms with Crippen LogP contribution in [0.2, 0.25) is 0 Å². The molecule has 2 aromatic rings. The number of anilines is 1. The average Bonchev–Trinajstić information content (AvgIpc) is 2.53. The summed E-state index contributed by atoms with van der Waals surface area (Å²) in [7, 11) is 1.69. The molecule has 0 radical (unpaired) electrons. The maximum Gasteiger partial charge on any atom is 0.123 e. The van der Waals surface area contributed by atoms with Gasteiger partial charge in [-0.2, -0.15) is 0 Å². The van der Waals surface area contributed by atoms with Crippen LogP contribution in [0.3, 0.4) is 0 Å². The van der Waals surface area contributed by atoms with Gasteiger partial charge in [-0.05, 0) is 31.5 Å². The van der Waals surface area contributed by atoms with E-state index in [9.17, 15) is 0 Å². The SMILES string of the molecule is CCC(C)Oc1cccc(NCc2ccccc2OC)c1. The zero-order valence-electron chi connectivity index (χ0n) is 12.9. The predicted octanol–water partition coefficient (Wildman–Crippen LogP) is 4.48. The molecule has 0 aliphatic rings. The van der Waals surface area contributed by atoms with Gasteiger partial charge in [0, 0.05) is 23.9 Å². The highest BCUT2D eigenvalue weighted by molar-refractivity contribution is 5.49. The molecule has 1 unspecified atom stereocenters. The molecule has 0 aliphatic carbocycles. The Bertz CT molecular complexity index is 569. The van der Waals surface area contributed by atoms with E-state index in [2.05, 4.69) is 25.2 Å². The molecular formula is C18H23NO2. The lowest BCUT2D eigenvalue weighted by Crippen LogP contribution is -2.09. The first-order chi connectivity index (χ1) is 10.2. The minimum absolute atomic E-state index is 0.231. The lowest BCUT2D eigenvalue weighted by Gasteiger charge is -2.14. The monoisotopic (exact) mass is 285 g/mol. The molecule has 0 saturated heterocycles. The highest BCUT2D eigenvalue weighted by atomic mass is 16.5. The van der Waals surface area contributed by atoms with Crippen molar-refractivity contribution in [3.05, 3.63) is 54.1 Å². The first-order valence-electron chi connectivity index (χ1n) is 7.35. The number of nitrogens with one attached hydrogen (secondary N) is 1. The van der Waals surface area contributed by atoms with Gasteiger partial charge >= 0.3 is 0 Å². The van der Waals surface area contributed by atoms with Crippen LogP contribution in [0, 0.1) is 0 Å².